The minimum atomic E-state index is -1.52. The number of ketones is 1. The first-order valence-electron chi connectivity index (χ1n) is 10.5. The molecule has 3 rings (SSSR count). The Labute approximate surface area is 204 Å². The van der Waals surface area contributed by atoms with E-state index in [1.54, 1.807) is 33.8 Å². The molecular formula is C22H26BrClFN3O5. The molecule has 1 fully saturated rings. The van der Waals surface area contributed by atoms with Crippen LogP contribution in [0.1, 0.15) is 45.7 Å². The summed E-state index contributed by atoms with van der Waals surface area (Å²) in [5.74, 6) is -1.56. The summed E-state index contributed by atoms with van der Waals surface area (Å²) in [6.07, 6.45) is -0.974. The van der Waals surface area contributed by atoms with Gasteiger partial charge < -0.3 is 9.47 Å². The number of likely N-dealkylation sites (tertiary alicyclic amines) is 1. The summed E-state index contributed by atoms with van der Waals surface area (Å²) >= 11 is 9.73. The van der Waals surface area contributed by atoms with Crippen molar-refractivity contribution in [2.45, 2.75) is 64.9 Å². The van der Waals surface area contributed by atoms with Crippen molar-refractivity contribution in [2.24, 2.45) is 0 Å². The van der Waals surface area contributed by atoms with Crippen LogP contribution < -0.4 is 0 Å². The van der Waals surface area contributed by atoms with E-state index < -0.39 is 41.7 Å². The quantitative estimate of drug-likeness (QED) is 0.396. The molecule has 1 amide bonds. The Balaban J connectivity index is 2.04. The highest BCUT2D eigenvalue weighted by molar-refractivity contribution is 9.10. The number of alkyl halides is 1. The van der Waals surface area contributed by atoms with E-state index in [0.29, 0.717) is 20.4 Å². The molecule has 11 heteroatoms. The molecule has 1 aromatic carbocycles. The van der Waals surface area contributed by atoms with Gasteiger partial charge in [-0.2, -0.15) is 5.10 Å². The van der Waals surface area contributed by atoms with Gasteiger partial charge in [0.2, 0.25) is 6.04 Å². The van der Waals surface area contributed by atoms with E-state index in [0.717, 1.165) is 10.5 Å². The third-order valence-corrected chi connectivity index (χ3v) is 6.40. The van der Waals surface area contributed by atoms with Gasteiger partial charge in [-0.15, -0.1) is 0 Å². The summed E-state index contributed by atoms with van der Waals surface area (Å²) in [7, 11) is 0. The topological polar surface area (TPSA) is 90.7 Å². The van der Waals surface area contributed by atoms with Crippen LogP contribution in [0.5, 0.6) is 0 Å². The highest BCUT2D eigenvalue weighted by atomic mass is 79.9. The number of fused-ring (bicyclic) bond motifs is 1. The van der Waals surface area contributed by atoms with Crippen LogP contribution in [0.3, 0.4) is 0 Å². The molecule has 3 atom stereocenters. The van der Waals surface area contributed by atoms with Gasteiger partial charge in [-0.05, 0) is 62.2 Å². The van der Waals surface area contributed by atoms with E-state index in [-0.39, 0.29) is 19.6 Å². The first kappa shape index (κ1) is 25.4. The Hall–Kier alpha value is -2.20. The summed E-state index contributed by atoms with van der Waals surface area (Å²) in [5.41, 5.74) is 0.383. The van der Waals surface area contributed by atoms with Crippen LogP contribution in [0.15, 0.2) is 16.7 Å². The van der Waals surface area contributed by atoms with Crippen LogP contribution >= 0.6 is 27.5 Å². The number of carbonyl (C=O) groups excluding carboxylic acids is 3. The van der Waals surface area contributed by atoms with Crippen molar-refractivity contribution in [3.8, 4) is 0 Å². The standard InChI is InChI=1S/C22H26BrClFN3O5/c1-6-32-20(30)18(28-10-13-11(2)7-14(23)16(24)17(13)26-28)19(29)15-8-12(25)9-27(15)21(31)33-22(3,4)5/h7,10,12,15,18H,6,8-9H2,1-5H3/t12-,15+,18?/m1/s1. The van der Waals surface area contributed by atoms with E-state index in [9.17, 15) is 18.8 Å². The predicted octanol–water partition coefficient (Wildman–Crippen LogP) is 4.78. The van der Waals surface area contributed by atoms with Gasteiger partial charge in [0.15, 0.2) is 5.78 Å². The van der Waals surface area contributed by atoms with Gasteiger partial charge in [0.05, 0.1) is 24.2 Å². The minimum absolute atomic E-state index is 0.0287. The van der Waals surface area contributed by atoms with Crippen molar-refractivity contribution >= 4 is 56.3 Å². The fraction of sp³-hybridized carbons (Fsp3) is 0.545. The number of rotatable bonds is 5. The van der Waals surface area contributed by atoms with Gasteiger partial charge in [-0.1, -0.05) is 11.6 Å². The van der Waals surface area contributed by atoms with E-state index in [2.05, 4.69) is 21.0 Å². The Bertz CT molecular complexity index is 1100. The second kappa shape index (κ2) is 9.58. The number of carbonyl (C=O) groups is 3. The number of hydrogen-bond acceptors (Lipinski definition) is 6. The lowest BCUT2D eigenvalue weighted by Gasteiger charge is -2.29. The number of aromatic nitrogens is 2. The van der Waals surface area contributed by atoms with Gasteiger partial charge in [0, 0.05) is 22.5 Å². The molecule has 1 aliphatic rings. The zero-order valence-electron chi connectivity index (χ0n) is 19.0. The largest absolute Gasteiger partial charge is 0.464 e. The second-order valence-electron chi connectivity index (χ2n) is 8.90. The monoisotopic (exact) mass is 545 g/mol. The molecule has 1 aromatic heterocycles. The molecule has 0 N–H and O–H groups in total. The number of amides is 1. The Kier molecular flexibility index (Phi) is 7.38. The smallest absolute Gasteiger partial charge is 0.411 e. The average molecular weight is 547 g/mol. The molecule has 1 saturated heterocycles. The Morgan fingerprint density at radius 1 is 1.36 bits per heavy atom. The number of ether oxygens (including phenoxy) is 2. The van der Waals surface area contributed by atoms with Gasteiger partial charge in [0.1, 0.15) is 17.3 Å². The van der Waals surface area contributed by atoms with E-state index >= 15 is 0 Å². The summed E-state index contributed by atoms with van der Waals surface area (Å²) in [4.78, 5) is 40.1. The predicted molar refractivity (Wildman–Crippen MR) is 124 cm³/mol. The van der Waals surface area contributed by atoms with E-state index in [1.165, 1.54) is 10.9 Å². The molecule has 2 aromatic rings. The molecule has 33 heavy (non-hydrogen) atoms. The summed E-state index contributed by atoms with van der Waals surface area (Å²) in [6.45, 7) is 8.19. The zero-order valence-corrected chi connectivity index (χ0v) is 21.4. The van der Waals surface area contributed by atoms with Crippen LogP contribution in [0.4, 0.5) is 9.18 Å². The van der Waals surface area contributed by atoms with Crippen LogP contribution in [-0.2, 0) is 19.1 Å². The molecule has 0 spiro atoms. The SMILES string of the molecule is CCOC(=O)C(C(=O)[C@@H]1C[C@@H](F)CN1C(=O)OC(C)(C)C)n1cc2c(C)cc(Br)c(Cl)c2n1. The molecule has 0 radical (unpaired) electrons. The van der Waals surface area contributed by atoms with Crippen LogP contribution in [0.2, 0.25) is 5.02 Å². The maximum Gasteiger partial charge on any atom is 0.411 e. The van der Waals surface area contributed by atoms with Crippen molar-refractivity contribution in [3.05, 3.63) is 27.3 Å². The summed E-state index contributed by atoms with van der Waals surface area (Å²) in [6, 6.07) is -0.932. The maximum absolute atomic E-state index is 14.3. The fourth-order valence-electron chi connectivity index (χ4n) is 3.75. The fourth-order valence-corrected chi connectivity index (χ4v) is 4.48. The molecular weight excluding hydrogens is 521 g/mol. The number of esters is 1. The maximum atomic E-state index is 14.3. The highest BCUT2D eigenvalue weighted by Gasteiger charge is 2.46. The molecule has 0 saturated carbocycles. The second-order valence-corrected chi connectivity index (χ2v) is 10.1. The van der Waals surface area contributed by atoms with Crippen LogP contribution in [0, 0.1) is 6.92 Å². The molecule has 1 unspecified atom stereocenters. The van der Waals surface area contributed by atoms with Crippen molar-refractivity contribution in [3.63, 3.8) is 0 Å². The highest BCUT2D eigenvalue weighted by Crippen LogP contribution is 2.34. The third-order valence-electron chi connectivity index (χ3n) is 5.17. The van der Waals surface area contributed by atoms with Crippen molar-refractivity contribution in [1.82, 2.24) is 14.7 Å². The van der Waals surface area contributed by atoms with Crippen LogP contribution in [0.25, 0.3) is 10.9 Å². The molecule has 0 aliphatic carbocycles. The van der Waals surface area contributed by atoms with Gasteiger partial charge >= 0.3 is 12.1 Å². The number of nitrogens with zero attached hydrogens (tertiary/aromatic N) is 3. The van der Waals surface area contributed by atoms with Gasteiger partial charge in [-0.25, -0.2) is 18.7 Å². The molecule has 2 heterocycles. The first-order valence-corrected chi connectivity index (χ1v) is 11.7. The Morgan fingerprint density at radius 3 is 2.64 bits per heavy atom. The molecule has 1 aliphatic heterocycles. The normalized spacial score (nSPS) is 19.6. The number of benzene rings is 1. The zero-order chi connectivity index (χ0) is 24.7. The lowest BCUT2D eigenvalue weighted by molar-refractivity contribution is -0.152. The number of hydrogen-bond donors (Lipinski definition) is 0. The molecule has 8 nitrogen and oxygen atoms in total. The minimum Gasteiger partial charge on any atom is -0.464 e. The van der Waals surface area contributed by atoms with Crippen LogP contribution in [-0.4, -0.2) is 63.5 Å². The van der Waals surface area contributed by atoms with Crippen molar-refractivity contribution in [2.75, 3.05) is 13.2 Å². The number of aryl methyl sites for hydroxylation is 1. The number of halogens is 3. The summed E-state index contributed by atoms with van der Waals surface area (Å²) < 4.78 is 26.6. The first-order chi connectivity index (χ1) is 15.3. The van der Waals surface area contributed by atoms with Gasteiger partial charge in [0.25, 0.3) is 0 Å². The van der Waals surface area contributed by atoms with Crippen molar-refractivity contribution in [1.29, 1.82) is 0 Å². The average Bonchev–Trinajstić information content (AvgIpc) is 3.30. The summed E-state index contributed by atoms with van der Waals surface area (Å²) in [5, 5.41) is 5.35. The third kappa shape index (κ3) is 5.32. The van der Waals surface area contributed by atoms with E-state index in [4.69, 9.17) is 21.1 Å². The lowest BCUT2D eigenvalue weighted by atomic mass is 10.0. The Morgan fingerprint density at radius 2 is 2.03 bits per heavy atom. The molecule has 180 valence electrons. The van der Waals surface area contributed by atoms with Crippen molar-refractivity contribution < 1.29 is 28.2 Å². The number of Topliss-reactive ketones (excluding diaryl/α,β-unsaturated/α-hetero) is 1. The van der Waals surface area contributed by atoms with Gasteiger partial charge in [-0.3, -0.25) is 9.69 Å². The molecule has 0 bridgehead atoms. The van der Waals surface area contributed by atoms with E-state index in [1.807, 2.05) is 6.92 Å². The lowest BCUT2D eigenvalue weighted by Crippen LogP contribution is -2.47.